The summed E-state index contributed by atoms with van der Waals surface area (Å²) in [7, 11) is 0. The SMILES string of the molecule is CCCN1CCNC([C@@H](O)[C@@H](N)Cc2ccccc2)C1=O. The van der Waals surface area contributed by atoms with Crippen molar-refractivity contribution in [3.05, 3.63) is 35.9 Å². The molecule has 1 aromatic rings. The number of hydrogen-bond acceptors (Lipinski definition) is 4. The molecule has 1 fully saturated rings. The third-order valence-electron chi connectivity index (χ3n) is 3.91. The van der Waals surface area contributed by atoms with Crippen molar-refractivity contribution >= 4 is 5.91 Å². The number of aliphatic hydroxyl groups excluding tert-OH is 1. The number of piperazine rings is 1. The summed E-state index contributed by atoms with van der Waals surface area (Å²) in [5.74, 6) is -0.0425. The third kappa shape index (κ3) is 4.03. The average molecular weight is 291 g/mol. The molecule has 0 radical (unpaired) electrons. The molecular weight excluding hydrogens is 266 g/mol. The Hall–Kier alpha value is -1.43. The summed E-state index contributed by atoms with van der Waals surface area (Å²) < 4.78 is 0. The molecule has 5 nitrogen and oxygen atoms in total. The molecule has 0 spiro atoms. The number of aliphatic hydroxyl groups is 1. The lowest BCUT2D eigenvalue weighted by Gasteiger charge is -2.36. The Bertz CT molecular complexity index is 450. The Kier molecular flexibility index (Phi) is 5.73. The molecule has 21 heavy (non-hydrogen) atoms. The van der Waals surface area contributed by atoms with Crippen LogP contribution in [0.1, 0.15) is 18.9 Å². The van der Waals surface area contributed by atoms with Crippen LogP contribution in [-0.2, 0) is 11.2 Å². The van der Waals surface area contributed by atoms with Crippen molar-refractivity contribution < 1.29 is 9.90 Å². The highest BCUT2D eigenvalue weighted by Crippen LogP contribution is 2.12. The normalized spacial score (nSPS) is 22.1. The first-order valence-corrected chi connectivity index (χ1v) is 7.63. The van der Waals surface area contributed by atoms with Gasteiger partial charge in [0.2, 0.25) is 5.91 Å². The summed E-state index contributed by atoms with van der Waals surface area (Å²) in [6.45, 7) is 4.18. The molecule has 0 aromatic heterocycles. The second-order valence-electron chi connectivity index (χ2n) is 5.60. The average Bonchev–Trinajstić information content (AvgIpc) is 2.50. The summed E-state index contributed by atoms with van der Waals surface area (Å²) >= 11 is 0. The molecule has 1 aliphatic rings. The first-order valence-electron chi connectivity index (χ1n) is 7.63. The van der Waals surface area contributed by atoms with Crippen LogP contribution in [0.5, 0.6) is 0 Å². The van der Waals surface area contributed by atoms with Crippen LogP contribution < -0.4 is 11.1 Å². The predicted octanol–water partition coefficient (Wildman–Crippen LogP) is 0.128. The number of benzene rings is 1. The van der Waals surface area contributed by atoms with Crippen LogP contribution in [0, 0.1) is 0 Å². The van der Waals surface area contributed by atoms with Gasteiger partial charge in [0.15, 0.2) is 0 Å². The van der Waals surface area contributed by atoms with Crippen molar-refractivity contribution in [3.63, 3.8) is 0 Å². The molecule has 1 aromatic carbocycles. The topological polar surface area (TPSA) is 78.6 Å². The van der Waals surface area contributed by atoms with Gasteiger partial charge in [-0.25, -0.2) is 0 Å². The van der Waals surface area contributed by atoms with Crippen LogP contribution in [0.2, 0.25) is 0 Å². The number of carbonyl (C=O) groups is 1. The molecule has 1 aliphatic heterocycles. The number of nitrogens with two attached hydrogens (primary N) is 1. The smallest absolute Gasteiger partial charge is 0.242 e. The first kappa shape index (κ1) is 15.9. The van der Waals surface area contributed by atoms with Gasteiger partial charge >= 0.3 is 0 Å². The summed E-state index contributed by atoms with van der Waals surface area (Å²) in [5.41, 5.74) is 7.17. The van der Waals surface area contributed by atoms with Gasteiger partial charge in [-0.3, -0.25) is 4.79 Å². The lowest BCUT2D eigenvalue weighted by Crippen LogP contribution is -2.63. The van der Waals surface area contributed by atoms with E-state index in [0.717, 1.165) is 18.5 Å². The predicted molar refractivity (Wildman–Crippen MR) is 82.8 cm³/mol. The monoisotopic (exact) mass is 291 g/mol. The second-order valence-corrected chi connectivity index (χ2v) is 5.60. The van der Waals surface area contributed by atoms with Crippen molar-refractivity contribution in [2.45, 2.75) is 38.0 Å². The molecule has 1 heterocycles. The first-order chi connectivity index (χ1) is 10.1. The van der Waals surface area contributed by atoms with E-state index in [1.165, 1.54) is 0 Å². The van der Waals surface area contributed by atoms with Crippen molar-refractivity contribution in [1.82, 2.24) is 10.2 Å². The Morgan fingerprint density at radius 3 is 2.81 bits per heavy atom. The summed E-state index contributed by atoms with van der Waals surface area (Å²) in [6.07, 6.45) is 0.601. The molecule has 1 unspecified atom stereocenters. The molecule has 5 heteroatoms. The van der Waals surface area contributed by atoms with Gasteiger partial charge in [-0.05, 0) is 18.4 Å². The zero-order chi connectivity index (χ0) is 15.2. The maximum atomic E-state index is 12.4. The van der Waals surface area contributed by atoms with Crippen molar-refractivity contribution in [1.29, 1.82) is 0 Å². The van der Waals surface area contributed by atoms with Crippen LogP contribution in [0.25, 0.3) is 0 Å². The second kappa shape index (κ2) is 7.54. The highest BCUT2D eigenvalue weighted by molar-refractivity contribution is 5.83. The zero-order valence-corrected chi connectivity index (χ0v) is 12.5. The van der Waals surface area contributed by atoms with Crippen LogP contribution in [0.4, 0.5) is 0 Å². The van der Waals surface area contributed by atoms with E-state index in [4.69, 9.17) is 5.73 Å². The molecule has 2 rings (SSSR count). The highest BCUT2D eigenvalue weighted by atomic mass is 16.3. The molecule has 116 valence electrons. The van der Waals surface area contributed by atoms with E-state index < -0.39 is 18.2 Å². The Labute approximate surface area is 126 Å². The van der Waals surface area contributed by atoms with E-state index in [1.807, 2.05) is 37.3 Å². The van der Waals surface area contributed by atoms with Crippen molar-refractivity contribution in [2.24, 2.45) is 5.73 Å². The van der Waals surface area contributed by atoms with Gasteiger partial charge in [-0.1, -0.05) is 37.3 Å². The molecular formula is C16H25N3O2. The van der Waals surface area contributed by atoms with Gasteiger partial charge in [-0.15, -0.1) is 0 Å². The lowest BCUT2D eigenvalue weighted by atomic mass is 9.95. The van der Waals surface area contributed by atoms with E-state index in [1.54, 1.807) is 4.90 Å². The van der Waals surface area contributed by atoms with Gasteiger partial charge < -0.3 is 21.1 Å². The van der Waals surface area contributed by atoms with Crippen LogP contribution >= 0.6 is 0 Å². The largest absolute Gasteiger partial charge is 0.389 e. The fourth-order valence-corrected chi connectivity index (χ4v) is 2.76. The molecule has 1 amide bonds. The van der Waals surface area contributed by atoms with Crippen LogP contribution in [0.3, 0.4) is 0 Å². The number of nitrogens with one attached hydrogen (secondary N) is 1. The van der Waals surface area contributed by atoms with Gasteiger partial charge in [0.05, 0.1) is 6.10 Å². The Morgan fingerprint density at radius 2 is 2.14 bits per heavy atom. The molecule has 4 N–H and O–H groups in total. The number of rotatable bonds is 6. The number of hydrogen-bond donors (Lipinski definition) is 3. The Morgan fingerprint density at radius 1 is 1.43 bits per heavy atom. The summed E-state index contributed by atoms with van der Waals surface area (Å²) in [4.78, 5) is 14.2. The van der Waals surface area contributed by atoms with E-state index >= 15 is 0 Å². The fraction of sp³-hybridized carbons (Fsp3) is 0.562. The van der Waals surface area contributed by atoms with Crippen molar-refractivity contribution in [3.8, 4) is 0 Å². The number of amides is 1. The van der Waals surface area contributed by atoms with Crippen molar-refractivity contribution in [2.75, 3.05) is 19.6 Å². The van der Waals surface area contributed by atoms with Gasteiger partial charge in [0.25, 0.3) is 0 Å². The molecule has 0 bridgehead atoms. The third-order valence-corrected chi connectivity index (χ3v) is 3.91. The Balaban J connectivity index is 1.97. The molecule has 1 saturated heterocycles. The van der Waals surface area contributed by atoms with E-state index in [0.29, 0.717) is 19.5 Å². The highest BCUT2D eigenvalue weighted by Gasteiger charge is 2.36. The molecule has 0 saturated carbocycles. The molecule has 0 aliphatic carbocycles. The van der Waals surface area contributed by atoms with E-state index in [9.17, 15) is 9.90 Å². The summed E-state index contributed by atoms with van der Waals surface area (Å²) in [5, 5.41) is 13.5. The van der Waals surface area contributed by atoms with E-state index in [2.05, 4.69) is 5.32 Å². The van der Waals surface area contributed by atoms with Gasteiger partial charge in [-0.2, -0.15) is 0 Å². The fourth-order valence-electron chi connectivity index (χ4n) is 2.76. The summed E-state index contributed by atoms with van der Waals surface area (Å²) in [6, 6.07) is 8.74. The quantitative estimate of drug-likeness (QED) is 0.696. The minimum Gasteiger partial charge on any atom is -0.389 e. The standard InChI is InChI=1S/C16H25N3O2/c1-2-9-19-10-8-18-14(16(19)21)15(20)13(17)11-12-6-4-3-5-7-12/h3-7,13-15,18,20H,2,8-11,17H2,1H3/t13-,14?,15-/m0/s1. The van der Waals surface area contributed by atoms with Crippen LogP contribution in [-0.4, -0.2) is 53.7 Å². The van der Waals surface area contributed by atoms with E-state index in [-0.39, 0.29) is 5.91 Å². The van der Waals surface area contributed by atoms with Crippen LogP contribution in [0.15, 0.2) is 30.3 Å². The maximum Gasteiger partial charge on any atom is 0.242 e. The maximum absolute atomic E-state index is 12.4. The number of carbonyl (C=O) groups excluding carboxylic acids is 1. The lowest BCUT2D eigenvalue weighted by molar-refractivity contribution is -0.139. The zero-order valence-electron chi connectivity index (χ0n) is 12.5. The minimum absolute atomic E-state index is 0.0425. The van der Waals surface area contributed by atoms with Gasteiger partial charge in [0, 0.05) is 25.7 Å². The minimum atomic E-state index is -0.877. The number of nitrogens with zero attached hydrogens (tertiary/aromatic N) is 1. The van der Waals surface area contributed by atoms with Gasteiger partial charge in [0.1, 0.15) is 6.04 Å². The molecule has 3 atom stereocenters.